The van der Waals surface area contributed by atoms with Gasteiger partial charge in [0.15, 0.2) is 0 Å². The predicted octanol–water partition coefficient (Wildman–Crippen LogP) is 3.53. The summed E-state index contributed by atoms with van der Waals surface area (Å²) in [5.41, 5.74) is -0.760. The maximum atomic E-state index is 12.1. The summed E-state index contributed by atoms with van der Waals surface area (Å²) in [4.78, 5) is 25.8. The van der Waals surface area contributed by atoms with E-state index in [4.69, 9.17) is 4.43 Å². The quantitative estimate of drug-likeness (QED) is 0.435. The van der Waals surface area contributed by atoms with Gasteiger partial charge in [-0.05, 0) is 15.4 Å². The molecule has 2 heterocycles. The van der Waals surface area contributed by atoms with Crippen molar-refractivity contribution in [3.63, 3.8) is 0 Å². The largest absolute Gasteiger partial charge is 0.407 e. The Hall–Kier alpha value is -2.61. The molecule has 5 nitrogen and oxygen atoms in total. The molecule has 3 aromatic rings. The highest BCUT2D eigenvalue weighted by Crippen LogP contribution is 2.38. The van der Waals surface area contributed by atoms with Gasteiger partial charge in [0.05, 0.1) is 0 Å². The third kappa shape index (κ3) is 4.85. The molecule has 0 aliphatic carbocycles. The third-order valence-corrected chi connectivity index (χ3v) is 12.4. The monoisotopic (exact) mass is 478 g/mol. The molecule has 0 spiro atoms. The number of benzene rings is 2. The lowest BCUT2D eigenvalue weighted by atomic mass is 10.2. The van der Waals surface area contributed by atoms with E-state index in [1.54, 1.807) is 22.5 Å². The van der Waals surface area contributed by atoms with Gasteiger partial charge in [-0.3, -0.25) is 14.3 Å². The zero-order chi connectivity index (χ0) is 23.5. The van der Waals surface area contributed by atoms with E-state index in [9.17, 15) is 9.59 Å². The molecule has 1 N–H and O–H groups in total. The van der Waals surface area contributed by atoms with Gasteiger partial charge in [0, 0.05) is 30.5 Å². The second-order valence-electron chi connectivity index (χ2n) is 9.36. The van der Waals surface area contributed by atoms with Crippen LogP contribution < -0.4 is 21.6 Å². The minimum absolute atomic E-state index is 0.0625. The molecule has 0 unspecified atom stereocenters. The van der Waals surface area contributed by atoms with Crippen LogP contribution in [-0.4, -0.2) is 30.2 Å². The lowest BCUT2D eigenvalue weighted by Crippen LogP contribution is -2.67. The summed E-state index contributed by atoms with van der Waals surface area (Å²) >= 11 is 1.68. The summed E-state index contributed by atoms with van der Waals surface area (Å²) < 4.78 is 8.60. The van der Waals surface area contributed by atoms with E-state index in [1.807, 2.05) is 6.08 Å². The maximum absolute atomic E-state index is 12.1. The lowest BCUT2D eigenvalue weighted by molar-refractivity contribution is 0.268. The van der Waals surface area contributed by atoms with Crippen LogP contribution in [0.5, 0.6) is 0 Å². The highest BCUT2D eigenvalue weighted by Gasteiger charge is 2.50. The molecule has 2 aromatic carbocycles. The van der Waals surface area contributed by atoms with Crippen LogP contribution in [0.15, 0.2) is 94.7 Å². The van der Waals surface area contributed by atoms with Gasteiger partial charge in [-0.2, -0.15) is 0 Å². The first-order valence-electron chi connectivity index (χ1n) is 11.2. The summed E-state index contributed by atoms with van der Waals surface area (Å²) in [6.07, 6.45) is 5.74. The molecule has 0 saturated heterocycles. The van der Waals surface area contributed by atoms with E-state index in [0.29, 0.717) is 6.61 Å². The summed E-state index contributed by atoms with van der Waals surface area (Å²) in [5.74, 6) is 1.08. The average Bonchev–Trinajstić information content (AvgIpc) is 2.81. The van der Waals surface area contributed by atoms with Crippen molar-refractivity contribution < 1.29 is 4.43 Å². The van der Waals surface area contributed by atoms with Crippen LogP contribution in [0.2, 0.25) is 5.04 Å². The van der Waals surface area contributed by atoms with Crippen molar-refractivity contribution in [2.75, 3.05) is 12.4 Å². The zero-order valence-electron chi connectivity index (χ0n) is 19.2. The Balaban J connectivity index is 1.61. The highest BCUT2D eigenvalue weighted by molar-refractivity contribution is 7.99. The fraction of sp³-hybridized carbons (Fsp3) is 0.308. The maximum Gasteiger partial charge on any atom is 0.329 e. The molecule has 172 valence electrons. The fourth-order valence-corrected chi connectivity index (χ4v) is 10.3. The molecule has 33 heavy (non-hydrogen) atoms. The van der Waals surface area contributed by atoms with E-state index < -0.39 is 8.32 Å². The SMILES string of the molecule is CC(C)(C)[Si](OC[C@H]1C=C[C@@H](n2ccc(=O)[nH]c2=O)SC1)(c1ccccc1)c1ccccc1. The minimum atomic E-state index is -2.57. The van der Waals surface area contributed by atoms with E-state index >= 15 is 0 Å². The van der Waals surface area contributed by atoms with Crippen molar-refractivity contribution in [2.45, 2.75) is 31.2 Å². The standard InChI is InChI=1S/C26H30N2O3SSi/c1-26(2,3)33(21-10-6-4-7-11-21,22-12-8-5-9-13-22)31-18-20-14-15-24(32-19-20)28-17-16-23(29)27-25(28)30/h4-17,20,24H,18-19H2,1-3H3,(H,27,29,30)/t20-,24+/m1/s1. The summed E-state index contributed by atoms with van der Waals surface area (Å²) in [6.45, 7) is 7.46. The highest BCUT2D eigenvalue weighted by atomic mass is 32.2. The summed E-state index contributed by atoms with van der Waals surface area (Å²) in [7, 11) is -2.57. The molecule has 0 fully saturated rings. The van der Waals surface area contributed by atoms with E-state index in [1.165, 1.54) is 16.4 Å². The molecule has 0 bridgehead atoms. The van der Waals surface area contributed by atoms with Crippen molar-refractivity contribution in [3.05, 3.63) is 106 Å². The number of hydrogen-bond acceptors (Lipinski definition) is 4. The van der Waals surface area contributed by atoms with Crippen LogP contribution in [0.1, 0.15) is 26.1 Å². The van der Waals surface area contributed by atoms with Crippen LogP contribution in [0.25, 0.3) is 0 Å². The Bertz CT molecular complexity index is 1180. The number of rotatable bonds is 6. The number of aromatic amines is 1. The molecule has 4 rings (SSSR count). The molecule has 2 atom stereocenters. The second-order valence-corrected chi connectivity index (χ2v) is 14.8. The molecular formula is C26H30N2O3SSi. The van der Waals surface area contributed by atoms with Gasteiger partial charge in [0.1, 0.15) is 5.37 Å². The molecule has 0 saturated carbocycles. The number of nitrogens with one attached hydrogen (secondary N) is 1. The van der Waals surface area contributed by atoms with Gasteiger partial charge in [0.2, 0.25) is 0 Å². The summed E-state index contributed by atoms with van der Waals surface area (Å²) in [6, 6.07) is 22.7. The zero-order valence-corrected chi connectivity index (χ0v) is 21.0. The van der Waals surface area contributed by atoms with Gasteiger partial charge in [-0.15, -0.1) is 11.8 Å². The van der Waals surface area contributed by atoms with E-state index in [2.05, 4.69) is 92.5 Å². The topological polar surface area (TPSA) is 64.1 Å². The van der Waals surface area contributed by atoms with Gasteiger partial charge in [-0.25, -0.2) is 4.79 Å². The number of thioether (sulfide) groups is 1. The molecule has 1 aromatic heterocycles. The van der Waals surface area contributed by atoms with Crippen LogP contribution in [-0.2, 0) is 4.43 Å². The average molecular weight is 479 g/mol. The Labute approximate surface area is 199 Å². The molecule has 1 aliphatic rings. The Kier molecular flexibility index (Phi) is 6.93. The van der Waals surface area contributed by atoms with Crippen molar-refractivity contribution in [1.29, 1.82) is 0 Å². The van der Waals surface area contributed by atoms with Gasteiger partial charge in [-0.1, -0.05) is 93.6 Å². The third-order valence-electron chi connectivity index (χ3n) is 6.09. The lowest BCUT2D eigenvalue weighted by Gasteiger charge is -2.43. The van der Waals surface area contributed by atoms with Crippen LogP contribution >= 0.6 is 11.8 Å². The minimum Gasteiger partial charge on any atom is -0.407 e. The Morgan fingerprint density at radius 2 is 1.58 bits per heavy atom. The fourth-order valence-electron chi connectivity index (χ4n) is 4.48. The van der Waals surface area contributed by atoms with Crippen molar-refractivity contribution in [2.24, 2.45) is 5.92 Å². The van der Waals surface area contributed by atoms with Gasteiger partial charge in [0.25, 0.3) is 13.9 Å². The number of aromatic nitrogens is 2. The summed E-state index contributed by atoms with van der Waals surface area (Å²) in [5, 5.41) is 2.36. The van der Waals surface area contributed by atoms with E-state index in [-0.39, 0.29) is 27.6 Å². The molecule has 1 aliphatic heterocycles. The first-order chi connectivity index (χ1) is 15.8. The normalized spacial score (nSPS) is 18.9. The molecular weight excluding hydrogens is 448 g/mol. The molecule has 7 heteroatoms. The van der Waals surface area contributed by atoms with Gasteiger partial charge < -0.3 is 4.43 Å². The smallest absolute Gasteiger partial charge is 0.329 e. The molecule has 0 amide bonds. The van der Waals surface area contributed by atoms with E-state index in [0.717, 1.165) is 5.75 Å². The van der Waals surface area contributed by atoms with Crippen LogP contribution in [0, 0.1) is 5.92 Å². The number of nitrogens with zero attached hydrogens (tertiary/aromatic N) is 1. The first kappa shape index (κ1) is 23.5. The number of H-pyrrole nitrogens is 1. The van der Waals surface area contributed by atoms with Crippen molar-refractivity contribution in [3.8, 4) is 0 Å². The predicted molar refractivity (Wildman–Crippen MR) is 139 cm³/mol. The number of hydrogen-bond donors (Lipinski definition) is 1. The first-order valence-corrected chi connectivity index (χ1v) is 14.1. The Morgan fingerprint density at radius 3 is 2.06 bits per heavy atom. The van der Waals surface area contributed by atoms with Crippen molar-refractivity contribution >= 4 is 30.5 Å². The Morgan fingerprint density at radius 1 is 0.970 bits per heavy atom. The molecule has 0 radical (unpaired) electrons. The van der Waals surface area contributed by atoms with Crippen LogP contribution in [0.3, 0.4) is 0 Å². The van der Waals surface area contributed by atoms with Gasteiger partial charge >= 0.3 is 5.69 Å². The van der Waals surface area contributed by atoms with Crippen molar-refractivity contribution in [1.82, 2.24) is 9.55 Å². The van der Waals surface area contributed by atoms with Crippen LogP contribution in [0.4, 0.5) is 0 Å². The second kappa shape index (κ2) is 9.71.